The van der Waals surface area contributed by atoms with Crippen LogP contribution in [0.2, 0.25) is 0 Å². The summed E-state index contributed by atoms with van der Waals surface area (Å²) in [7, 11) is 0. The molecule has 106 valence electrons. The summed E-state index contributed by atoms with van der Waals surface area (Å²) in [6.07, 6.45) is 3.96. The van der Waals surface area contributed by atoms with E-state index < -0.39 is 5.97 Å². The Morgan fingerprint density at radius 1 is 1.40 bits per heavy atom. The highest BCUT2D eigenvalue weighted by molar-refractivity contribution is 6.00. The van der Waals surface area contributed by atoms with Gasteiger partial charge in [0.15, 0.2) is 0 Å². The second kappa shape index (κ2) is 5.60. The molecule has 0 spiro atoms. The van der Waals surface area contributed by atoms with Crippen molar-refractivity contribution in [2.45, 2.75) is 20.3 Å². The van der Waals surface area contributed by atoms with Crippen molar-refractivity contribution >= 4 is 11.9 Å². The van der Waals surface area contributed by atoms with E-state index in [2.05, 4.69) is 20.3 Å². The molecule has 0 aliphatic heterocycles. The van der Waals surface area contributed by atoms with E-state index in [0.717, 1.165) is 5.82 Å². The van der Waals surface area contributed by atoms with Gasteiger partial charge in [-0.15, -0.1) is 0 Å². The number of H-pyrrole nitrogens is 2. The van der Waals surface area contributed by atoms with E-state index in [0.29, 0.717) is 29.8 Å². The Hall–Kier alpha value is -2.57. The first-order chi connectivity index (χ1) is 9.50. The van der Waals surface area contributed by atoms with E-state index in [4.69, 9.17) is 5.11 Å². The zero-order valence-electron chi connectivity index (χ0n) is 11.3. The maximum absolute atomic E-state index is 12.1. The Bertz CT molecular complexity index is 628. The van der Waals surface area contributed by atoms with Crippen LogP contribution in [0, 0.1) is 13.8 Å². The predicted octanol–water partition coefficient (Wildman–Crippen LogP) is 1.03. The lowest BCUT2D eigenvalue weighted by Gasteiger charge is -2.05. The van der Waals surface area contributed by atoms with E-state index in [1.807, 2.05) is 0 Å². The number of carboxylic acids is 1. The standard InChI is InChI=1S/C13H16N4O3/c1-7-10(8(2)17-11(7)13(19)20)12(18)16-4-3-9-14-5-6-15-9/h5-6,17H,3-4H2,1-2H3,(H,14,15)(H,16,18)(H,19,20). The highest BCUT2D eigenvalue weighted by Gasteiger charge is 2.21. The summed E-state index contributed by atoms with van der Waals surface area (Å²) in [5, 5.41) is 11.8. The van der Waals surface area contributed by atoms with Gasteiger partial charge in [0, 0.05) is 31.1 Å². The van der Waals surface area contributed by atoms with Crippen LogP contribution in [0.25, 0.3) is 0 Å². The van der Waals surface area contributed by atoms with E-state index in [-0.39, 0.29) is 11.6 Å². The van der Waals surface area contributed by atoms with Gasteiger partial charge >= 0.3 is 5.97 Å². The highest BCUT2D eigenvalue weighted by atomic mass is 16.4. The number of aryl methyl sites for hydroxylation is 1. The fourth-order valence-electron chi connectivity index (χ4n) is 2.12. The molecule has 0 saturated carbocycles. The molecule has 2 heterocycles. The van der Waals surface area contributed by atoms with Crippen LogP contribution in [0.5, 0.6) is 0 Å². The first-order valence-corrected chi connectivity index (χ1v) is 6.19. The highest BCUT2D eigenvalue weighted by Crippen LogP contribution is 2.17. The average molecular weight is 276 g/mol. The van der Waals surface area contributed by atoms with Gasteiger partial charge in [-0.2, -0.15) is 0 Å². The van der Waals surface area contributed by atoms with Crippen LogP contribution in [-0.2, 0) is 6.42 Å². The molecule has 2 aromatic rings. The number of aromatic nitrogens is 3. The summed E-state index contributed by atoms with van der Waals surface area (Å²) in [6.45, 7) is 3.73. The van der Waals surface area contributed by atoms with Gasteiger partial charge in [-0.3, -0.25) is 4.79 Å². The second-order valence-electron chi connectivity index (χ2n) is 4.47. The van der Waals surface area contributed by atoms with Gasteiger partial charge in [-0.1, -0.05) is 0 Å². The van der Waals surface area contributed by atoms with Crippen LogP contribution in [0.4, 0.5) is 0 Å². The number of rotatable bonds is 5. The van der Waals surface area contributed by atoms with E-state index in [9.17, 15) is 9.59 Å². The first kappa shape index (κ1) is 13.9. The number of hydrogen-bond donors (Lipinski definition) is 4. The number of amides is 1. The van der Waals surface area contributed by atoms with Crippen LogP contribution in [0.15, 0.2) is 12.4 Å². The van der Waals surface area contributed by atoms with Gasteiger partial charge in [0.2, 0.25) is 0 Å². The third-order valence-corrected chi connectivity index (χ3v) is 3.08. The summed E-state index contributed by atoms with van der Waals surface area (Å²) in [4.78, 5) is 32.8. The van der Waals surface area contributed by atoms with E-state index in [1.54, 1.807) is 26.2 Å². The number of carbonyl (C=O) groups is 2. The van der Waals surface area contributed by atoms with Crippen molar-refractivity contribution in [3.05, 3.63) is 40.7 Å². The molecule has 0 aliphatic rings. The SMILES string of the molecule is Cc1[nH]c(C(=O)O)c(C)c1C(=O)NCCc1ncc[nH]1. The Morgan fingerprint density at radius 2 is 2.15 bits per heavy atom. The lowest BCUT2D eigenvalue weighted by molar-refractivity contribution is 0.0690. The van der Waals surface area contributed by atoms with Crippen LogP contribution in [0.3, 0.4) is 0 Å². The normalized spacial score (nSPS) is 10.5. The Balaban J connectivity index is 2.04. The monoisotopic (exact) mass is 276 g/mol. The van der Waals surface area contributed by atoms with Crippen molar-refractivity contribution in [2.24, 2.45) is 0 Å². The zero-order chi connectivity index (χ0) is 14.7. The molecule has 0 atom stereocenters. The molecule has 7 heteroatoms. The second-order valence-corrected chi connectivity index (χ2v) is 4.47. The van der Waals surface area contributed by atoms with Gasteiger partial charge in [-0.05, 0) is 19.4 Å². The minimum Gasteiger partial charge on any atom is -0.477 e. The molecular weight excluding hydrogens is 260 g/mol. The molecule has 1 amide bonds. The minimum atomic E-state index is -1.07. The number of nitrogens with one attached hydrogen (secondary N) is 3. The maximum Gasteiger partial charge on any atom is 0.352 e. The predicted molar refractivity (Wildman–Crippen MR) is 71.9 cm³/mol. The van der Waals surface area contributed by atoms with Crippen LogP contribution < -0.4 is 5.32 Å². The molecule has 20 heavy (non-hydrogen) atoms. The van der Waals surface area contributed by atoms with Crippen molar-refractivity contribution < 1.29 is 14.7 Å². The van der Waals surface area contributed by atoms with Gasteiger partial charge in [0.25, 0.3) is 5.91 Å². The Morgan fingerprint density at radius 3 is 2.70 bits per heavy atom. The molecule has 0 aliphatic carbocycles. The van der Waals surface area contributed by atoms with Crippen molar-refractivity contribution in [1.82, 2.24) is 20.3 Å². The Labute approximate surface area is 115 Å². The average Bonchev–Trinajstić information content (AvgIpc) is 2.97. The van der Waals surface area contributed by atoms with Gasteiger partial charge in [-0.25, -0.2) is 9.78 Å². The molecule has 0 radical (unpaired) electrons. The topological polar surface area (TPSA) is 111 Å². The lowest BCUT2D eigenvalue weighted by atomic mass is 10.1. The van der Waals surface area contributed by atoms with Crippen molar-refractivity contribution in [3.8, 4) is 0 Å². The molecule has 7 nitrogen and oxygen atoms in total. The molecule has 0 aromatic carbocycles. The fourth-order valence-corrected chi connectivity index (χ4v) is 2.12. The van der Waals surface area contributed by atoms with Gasteiger partial charge < -0.3 is 20.4 Å². The number of aromatic amines is 2. The largest absolute Gasteiger partial charge is 0.477 e. The third-order valence-electron chi connectivity index (χ3n) is 3.08. The summed E-state index contributed by atoms with van der Waals surface area (Å²) in [5.74, 6) is -0.561. The lowest BCUT2D eigenvalue weighted by Crippen LogP contribution is -2.26. The number of hydrogen-bond acceptors (Lipinski definition) is 3. The van der Waals surface area contributed by atoms with E-state index >= 15 is 0 Å². The number of carboxylic acid groups (broad SMARTS) is 1. The number of aromatic carboxylic acids is 1. The first-order valence-electron chi connectivity index (χ1n) is 6.19. The smallest absolute Gasteiger partial charge is 0.352 e. The number of nitrogens with zero attached hydrogens (tertiary/aromatic N) is 1. The molecule has 4 N–H and O–H groups in total. The summed E-state index contributed by atoms with van der Waals surface area (Å²) in [6, 6.07) is 0. The molecule has 0 fully saturated rings. The zero-order valence-corrected chi connectivity index (χ0v) is 11.3. The Kier molecular flexibility index (Phi) is 3.88. The van der Waals surface area contributed by atoms with Crippen molar-refractivity contribution in [2.75, 3.05) is 6.54 Å². The number of imidazole rings is 1. The molecule has 2 aromatic heterocycles. The quantitative estimate of drug-likeness (QED) is 0.653. The van der Waals surface area contributed by atoms with E-state index in [1.165, 1.54) is 0 Å². The summed E-state index contributed by atoms with van der Waals surface area (Å²) in [5.41, 5.74) is 1.45. The summed E-state index contributed by atoms with van der Waals surface area (Å²) < 4.78 is 0. The molecule has 0 unspecified atom stereocenters. The van der Waals surface area contributed by atoms with Gasteiger partial charge in [0.05, 0.1) is 5.56 Å². The molecule has 2 rings (SSSR count). The number of carbonyl (C=O) groups excluding carboxylic acids is 1. The van der Waals surface area contributed by atoms with Crippen LogP contribution in [0.1, 0.15) is 37.9 Å². The molecular formula is C13H16N4O3. The van der Waals surface area contributed by atoms with Crippen molar-refractivity contribution in [1.29, 1.82) is 0 Å². The van der Waals surface area contributed by atoms with Gasteiger partial charge in [0.1, 0.15) is 11.5 Å². The molecule has 0 bridgehead atoms. The molecule has 0 saturated heterocycles. The van der Waals surface area contributed by atoms with Crippen LogP contribution >= 0.6 is 0 Å². The maximum atomic E-state index is 12.1. The third kappa shape index (κ3) is 2.71. The minimum absolute atomic E-state index is 0.0543. The van der Waals surface area contributed by atoms with Crippen molar-refractivity contribution in [3.63, 3.8) is 0 Å². The summed E-state index contributed by atoms with van der Waals surface area (Å²) >= 11 is 0. The fraction of sp³-hybridized carbons (Fsp3) is 0.308. The van der Waals surface area contributed by atoms with Crippen LogP contribution in [-0.4, -0.2) is 38.5 Å².